The average molecular weight is 244 g/mol. The van der Waals surface area contributed by atoms with Gasteiger partial charge in [-0.1, -0.05) is 37.2 Å². The Morgan fingerprint density at radius 1 is 1.59 bits per heavy atom. The summed E-state index contributed by atoms with van der Waals surface area (Å²) in [6, 6.07) is 4.19. The second kappa shape index (κ2) is 5.32. The van der Waals surface area contributed by atoms with Gasteiger partial charge in [-0.2, -0.15) is 0 Å². The fourth-order valence-corrected chi connectivity index (χ4v) is 1.45. The van der Waals surface area contributed by atoms with Gasteiger partial charge in [0.1, 0.15) is 0 Å². The van der Waals surface area contributed by atoms with Crippen molar-refractivity contribution >= 4 is 5.91 Å². The van der Waals surface area contributed by atoms with Gasteiger partial charge in [-0.25, -0.2) is 0 Å². The molecule has 1 aromatic carbocycles. The van der Waals surface area contributed by atoms with E-state index >= 15 is 0 Å². The zero-order valence-electron chi connectivity index (χ0n) is 20.9. The second-order valence-electron chi connectivity index (χ2n) is 3.49. The van der Waals surface area contributed by atoms with Crippen molar-refractivity contribution in [2.75, 3.05) is 13.5 Å². The minimum absolute atomic E-state index is 0.270. The highest BCUT2D eigenvalue weighted by Crippen LogP contribution is 2.19. The minimum Gasteiger partial charge on any atom is -0.337 e. The predicted molar refractivity (Wildman–Crippen MR) is 68.5 cm³/mol. The Balaban J connectivity index is 2.78. The van der Waals surface area contributed by atoms with E-state index in [1.165, 1.54) is 17.4 Å². The van der Waals surface area contributed by atoms with Crippen molar-refractivity contribution in [1.29, 1.82) is 0 Å². The van der Waals surface area contributed by atoms with Gasteiger partial charge in [-0.05, 0) is 18.4 Å². The van der Waals surface area contributed by atoms with Crippen LogP contribution in [0, 0.1) is 5.89 Å². The summed E-state index contributed by atoms with van der Waals surface area (Å²) in [7, 11) is 0. The predicted octanol–water partition coefficient (Wildman–Crippen LogP) is 1.64. The van der Waals surface area contributed by atoms with Crippen molar-refractivity contribution in [1.82, 2.24) is 10.2 Å². The van der Waals surface area contributed by atoms with Gasteiger partial charge in [0.25, 0.3) is 0 Å². The van der Waals surface area contributed by atoms with E-state index in [0.29, 0.717) is 5.56 Å². The maximum Gasteiger partial charge on any atom is 0.223 e. The van der Waals surface area contributed by atoms with Crippen molar-refractivity contribution in [2.24, 2.45) is 5.89 Å². The first-order valence-corrected chi connectivity index (χ1v) is 4.98. The molecule has 92 valence electrons. The van der Waals surface area contributed by atoms with E-state index < -0.39 is 51.1 Å². The first-order valence-electron chi connectivity index (χ1n) is 11.0. The molecule has 1 aliphatic heterocycles. The molecule has 2 rings (SSSR count). The highest BCUT2D eigenvalue weighted by atomic mass is 16.2. The number of likely N-dealkylation sites (tertiary alicyclic amines) is 1. The Hall–Kier alpha value is -1.35. The van der Waals surface area contributed by atoms with Gasteiger partial charge in [0.15, 0.2) is 0 Å². The zero-order valence-corrected chi connectivity index (χ0v) is 8.95. The Bertz CT molecular complexity index is 777. The second-order valence-corrected chi connectivity index (χ2v) is 3.49. The largest absolute Gasteiger partial charge is 0.337 e. The number of carbonyl (C=O) groups is 1. The quantitative estimate of drug-likeness (QED) is 0.877. The molecule has 2 unspecified atom stereocenters. The van der Waals surface area contributed by atoms with Crippen LogP contribution < -0.4 is 5.32 Å². The molecular formula is C14H20N2O. The highest BCUT2D eigenvalue weighted by Gasteiger charge is 2.30. The molecule has 1 heterocycles. The van der Waals surface area contributed by atoms with Crippen LogP contribution in [0.3, 0.4) is 0 Å². The minimum atomic E-state index is -3.78. The Morgan fingerprint density at radius 2 is 2.41 bits per heavy atom. The lowest BCUT2D eigenvalue weighted by atomic mass is 9.93. The summed E-state index contributed by atoms with van der Waals surface area (Å²) in [5.74, 6) is -5.44. The van der Waals surface area contributed by atoms with Gasteiger partial charge < -0.3 is 10.2 Å². The number of hydrogen-bond acceptors (Lipinski definition) is 2. The summed E-state index contributed by atoms with van der Waals surface area (Å²) < 4.78 is 94.7. The molecule has 0 saturated carbocycles. The smallest absolute Gasteiger partial charge is 0.223 e. The molecule has 1 fully saturated rings. The normalized spacial score (nSPS) is 51.5. The van der Waals surface area contributed by atoms with Crippen LogP contribution in [0.2, 0.25) is 0 Å². The molecule has 17 heavy (non-hydrogen) atoms. The molecule has 1 saturated heterocycles. The fraction of sp³-hybridized carbons (Fsp3) is 0.500. The van der Waals surface area contributed by atoms with E-state index in [1.807, 2.05) is 0 Å². The Morgan fingerprint density at radius 3 is 3.12 bits per heavy atom. The molecule has 3 heteroatoms. The van der Waals surface area contributed by atoms with Gasteiger partial charge in [0, 0.05) is 39.1 Å². The van der Waals surface area contributed by atoms with Crippen molar-refractivity contribution in [3.05, 3.63) is 35.9 Å². The van der Waals surface area contributed by atoms with Crippen LogP contribution in [-0.4, -0.2) is 30.3 Å². The fourth-order valence-electron chi connectivity index (χ4n) is 1.45. The molecule has 0 bridgehead atoms. The van der Waals surface area contributed by atoms with E-state index in [2.05, 4.69) is 0 Å². The molecule has 3 nitrogen and oxygen atoms in total. The van der Waals surface area contributed by atoms with Gasteiger partial charge >= 0.3 is 0 Å². The van der Waals surface area contributed by atoms with Crippen LogP contribution >= 0.6 is 0 Å². The van der Waals surface area contributed by atoms with Crippen molar-refractivity contribution in [2.45, 2.75) is 25.8 Å². The van der Waals surface area contributed by atoms with Crippen LogP contribution in [0.4, 0.5) is 0 Å². The monoisotopic (exact) mass is 244 g/mol. The maximum atomic E-state index is 12.9. The van der Waals surface area contributed by atoms with E-state index in [1.54, 1.807) is 18.2 Å². The third-order valence-corrected chi connectivity index (χ3v) is 2.28. The Labute approximate surface area is 120 Å². The molecule has 0 radical (unpaired) electrons. The molecule has 0 aromatic heterocycles. The van der Waals surface area contributed by atoms with Gasteiger partial charge in [0.2, 0.25) is 5.91 Å². The number of hydrogen-bond donors (Lipinski definition) is 1. The maximum absolute atomic E-state index is 12.9. The summed E-state index contributed by atoms with van der Waals surface area (Å²) >= 11 is 0. The van der Waals surface area contributed by atoms with Crippen LogP contribution in [0.5, 0.6) is 0 Å². The average Bonchev–Trinajstić information content (AvgIpc) is 2.55. The standard InChI is InChI=1S/C14H20N2O/c1-11-8-14(17)16(10-13(11)15-2)9-12-6-4-3-5-7-12/h3-7,11,13,15H,8-10H2,1-2H3/i1D3,2D3,8D2,10D2,11D,13D. The topological polar surface area (TPSA) is 32.3 Å². The molecule has 0 spiro atoms. The van der Waals surface area contributed by atoms with Crippen molar-refractivity contribution < 1.29 is 21.2 Å². The third kappa shape index (κ3) is 2.86. The number of likely N-dealkylation sites (N-methyl/N-ethyl adjacent to an activating group) is 1. The Kier molecular flexibility index (Phi) is 1.28. The highest BCUT2D eigenvalue weighted by molar-refractivity contribution is 5.77. The van der Waals surface area contributed by atoms with E-state index in [-0.39, 0.29) is 4.90 Å². The number of rotatable bonds is 3. The number of piperidine rings is 1. The van der Waals surface area contributed by atoms with Crippen molar-refractivity contribution in [3.63, 3.8) is 0 Å². The molecule has 0 aliphatic carbocycles. The van der Waals surface area contributed by atoms with Gasteiger partial charge in [-0.15, -0.1) is 0 Å². The van der Waals surface area contributed by atoms with Gasteiger partial charge in [-0.3, -0.25) is 4.79 Å². The lowest BCUT2D eigenvalue weighted by Gasteiger charge is -2.36. The number of carbonyl (C=O) groups excluding carboxylic acids is 1. The van der Waals surface area contributed by atoms with Gasteiger partial charge in [0.05, 0.1) is 2.74 Å². The van der Waals surface area contributed by atoms with Crippen LogP contribution in [0.25, 0.3) is 0 Å². The molecule has 1 amide bonds. The third-order valence-electron chi connectivity index (χ3n) is 2.28. The lowest BCUT2D eigenvalue weighted by Crippen LogP contribution is -2.51. The zero-order chi connectivity index (χ0) is 22.7. The number of benzene rings is 1. The first kappa shape index (κ1) is 4.09. The summed E-state index contributed by atoms with van der Waals surface area (Å²) in [5.41, 5.74) is 0.336. The summed E-state index contributed by atoms with van der Waals surface area (Å²) in [6.07, 6.45) is -3.61. The molecule has 1 aliphatic rings. The number of amides is 1. The lowest BCUT2D eigenvalue weighted by molar-refractivity contribution is -0.136. The van der Waals surface area contributed by atoms with Crippen molar-refractivity contribution in [3.8, 4) is 0 Å². The number of nitrogens with one attached hydrogen (secondary N) is 1. The molecule has 2 atom stereocenters. The summed E-state index contributed by atoms with van der Waals surface area (Å²) in [5, 5.41) is 1.52. The molecule has 1 N–H and O–H groups in total. The van der Waals surface area contributed by atoms with E-state index in [0.717, 1.165) is 0 Å². The molecule has 1 aromatic rings. The summed E-state index contributed by atoms with van der Waals surface area (Å²) in [4.78, 5) is 13.1. The van der Waals surface area contributed by atoms with E-state index in [4.69, 9.17) is 16.4 Å². The molecular weight excluding hydrogens is 212 g/mol. The van der Waals surface area contributed by atoms with Crippen LogP contribution in [-0.2, 0) is 11.3 Å². The number of nitrogens with zero attached hydrogens (tertiary/aromatic N) is 1. The SMILES string of the molecule is [2H]C([2H])([2H])NC1([2H])C([2H])([2H])N(Cc2ccccc2)C(=O)C([2H])([2H])C1([2H])C([2H])([2H])[2H]. The summed E-state index contributed by atoms with van der Waals surface area (Å²) in [6.45, 7) is -11.0. The van der Waals surface area contributed by atoms with E-state index in [9.17, 15) is 4.79 Å². The van der Waals surface area contributed by atoms with Crippen LogP contribution in [0.1, 0.15) is 35.2 Å². The van der Waals surface area contributed by atoms with Crippen LogP contribution in [0.15, 0.2) is 30.3 Å². The first-order chi connectivity index (χ1) is 12.8.